The number of aliphatic hydroxyl groups excluding tert-OH is 1. The summed E-state index contributed by atoms with van der Waals surface area (Å²) in [4.78, 5) is 11.3. The number of esters is 1. The van der Waals surface area contributed by atoms with E-state index in [1.807, 2.05) is 0 Å². The van der Waals surface area contributed by atoms with Crippen molar-refractivity contribution in [1.29, 1.82) is 0 Å². The molecule has 6 heteroatoms. The number of hydrogen-bond donors (Lipinski definition) is 1. The fourth-order valence-electron chi connectivity index (χ4n) is 3.18. The topological polar surface area (TPSA) is 55.8 Å². The molecule has 0 bridgehead atoms. The van der Waals surface area contributed by atoms with Crippen LogP contribution in [0, 0.1) is 11.8 Å². The quantitative estimate of drug-likeness (QED) is 0.668. The maximum atomic E-state index is 13.9. The molecule has 1 saturated heterocycles. The van der Waals surface area contributed by atoms with Crippen molar-refractivity contribution in [1.82, 2.24) is 0 Å². The van der Waals surface area contributed by atoms with Crippen LogP contribution in [0.25, 0.3) is 0 Å². The van der Waals surface area contributed by atoms with Crippen molar-refractivity contribution < 1.29 is 28.2 Å². The van der Waals surface area contributed by atoms with Gasteiger partial charge in [0.2, 0.25) is 0 Å². The third-order valence-corrected chi connectivity index (χ3v) is 4.31. The molecule has 0 spiro atoms. The standard InChI is InChI=1S/C17H18F2O4/c18-17(19,10-22-11-4-2-1-3-5-11)7-6-12-13-8-16(21)23-15(13)9-14(12)20/h1-7,12-15,20H,8-10H2/t12?,13-,14?,15+/m0/s1. The molecule has 1 aromatic rings. The predicted octanol–water partition coefficient (Wildman–Crippen LogP) is 2.57. The molecule has 4 nitrogen and oxygen atoms in total. The van der Waals surface area contributed by atoms with Crippen LogP contribution < -0.4 is 4.74 Å². The van der Waals surface area contributed by atoms with Crippen LogP contribution in [-0.4, -0.2) is 35.8 Å². The SMILES string of the molecule is O=C1C[C@H]2C(C=CC(F)(F)COc3ccccc3)C(O)C[C@H]2O1. The summed E-state index contributed by atoms with van der Waals surface area (Å²) in [5, 5.41) is 9.97. The number of fused-ring (bicyclic) bond motifs is 1. The van der Waals surface area contributed by atoms with E-state index in [2.05, 4.69) is 0 Å². The van der Waals surface area contributed by atoms with Crippen LogP contribution in [0.1, 0.15) is 12.8 Å². The highest BCUT2D eigenvalue weighted by atomic mass is 19.3. The van der Waals surface area contributed by atoms with Gasteiger partial charge < -0.3 is 14.6 Å². The van der Waals surface area contributed by atoms with Gasteiger partial charge in [-0.2, -0.15) is 8.78 Å². The zero-order valence-electron chi connectivity index (χ0n) is 12.4. The zero-order chi connectivity index (χ0) is 16.4. The lowest BCUT2D eigenvalue weighted by Gasteiger charge is -2.17. The molecule has 1 saturated carbocycles. The molecular formula is C17H18F2O4. The van der Waals surface area contributed by atoms with Crippen LogP contribution >= 0.6 is 0 Å². The maximum absolute atomic E-state index is 13.9. The molecule has 1 N–H and O–H groups in total. The Morgan fingerprint density at radius 2 is 2.09 bits per heavy atom. The van der Waals surface area contributed by atoms with Crippen LogP contribution in [0.2, 0.25) is 0 Å². The number of aliphatic hydroxyl groups is 1. The molecule has 2 unspecified atom stereocenters. The van der Waals surface area contributed by atoms with E-state index in [1.54, 1.807) is 30.3 Å². The van der Waals surface area contributed by atoms with Crippen molar-refractivity contribution in [3.8, 4) is 5.75 Å². The van der Waals surface area contributed by atoms with E-state index < -0.39 is 24.6 Å². The summed E-state index contributed by atoms with van der Waals surface area (Å²) in [6.07, 6.45) is 1.41. The van der Waals surface area contributed by atoms with Crippen LogP contribution in [0.5, 0.6) is 5.75 Å². The van der Waals surface area contributed by atoms with Gasteiger partial charge in [0.05, 0.1) is 12.5 Å². The molecule has 3 rings (SSSR count). The average Bonchev–Trinajstić information content (AvgIpc) is 2.99. The Morgan fingerprint density at radius 3 is 2.83 bits per heavy atom. The first-order valence-corrected chi connectivity index (χ1v) is 7.57. The normalized spacial score (nSPS) is 30.5. The van der Waals surface area contributed by atoms with Gasteiger partial charge in [-0.1, -0.05) is 24.3 Å². The molecule has 4 atom stereocenters. The Labute approximate surface area is 132 Å². The summed E-state index contributed by atoms with van der Waals surface area (Å²) in [7, 11) is 0. The third kappa shape index (κ3) is 3.69. The number of hydrogen-bond acceptors (Lipinski definition) is 4. The molecule has 1 aromatic carbocycles. The van der Waals surface area contributed by atoms with Gasteiger partial charge in [0.25, 0.3) is 5.92 Å². The van der Waals surface area contributed by atoms with Gasteiger partial charge in [-0.05, 0) is 18.2 Å². The Morgan fingerprint density at radius 1 is 1.35 bits per heavy atom. The highest BCUT2D eigenvalue weighted by Gasteiger charge is 2.48. The maximum Gasteiger partial charge on any atom is 0.306 e. The molecule has 1 aliphatic carbocycles. The van der Waals surface area contributed by atoms with Crippen LogP contribution in [0.4, 0.5) is 8.78 Å². The van der Waals surface area contributed by atoms with Gasteiger partial charge >= 0.3 is 5.97 Å². The summed E-state index contributed by atoms with van der Waals surface area (Å²) in [5.74, 6) is -3.83. The minimum atomic E-state index is -3.16. The Bertz CT molecular complexity index is 588. The summed E-state index contributed by atoms with van der Waals surface area (Å²) < 4.78 is 38.0. The van der Waals surface area contributed by atoms with Gasteiger partial charge in [0, 0.05) is 18.3 Å². The first kappa shape index (κ1) is 15.9. The number of benzene rings is 1. The number of alkyl halides is 2. The molecule has 0 radical (unpaired) electrons. The summed E-state index contributed by atoms with van der Waals surface area (Å²) >= 11 is 0. The molecule has 23 heavy (non-hydrogen) atoms. The van der Waals surface area contributed by atoms with Gasteiger partial charge in [0.15, 0.2) is 6.61 Å². The second kappa shape index (κ2) is 6.28. The van der Waals surface area contributed by atoms with E-state index >= 15 is 0 Å². The lowest BCUT2D eigenvalue weighted by Crippen LogP contribution is -2.25. The average molecular weight is 324 g/mol. The van der Waals surface area contributed by atoms with Crippen molar-refractivity contribution >= 4 is 5.97 Å². The third-order valence-electron chi connectivity index (χ3n) is 4.31. The molecule has 1 aliphatic heterocycles. The van der Waals surface area contributed by atoms with Crippen molar-refractivity contribution in [3.63, 3.8) is 0 Å². The highest BCUT2D eigenvalue weighted by Crippen LogP contribution is 2.42. The van der Waals surface area contributed by atoms with Crippen LogP contribution in [0.3, 0.4) is 0 Å². The van der Waals surface area contributed by atoms with E-state index in [-0.39, 0.29) is 24.4 Å². The number of carbonyl (C=O) groups is 1. The molecular weight excluding hydrogens is 306 g/mol. The minimum Gasteiger partial charge on any atom is -0.487 e. The first-order valence-electron chi connectivity index (χ1n) is 7.57. The van der Waals surface area contributed by atoms with Gasteiger partial charge in [0.1, 0.15) is 11.9 Å². The molecule has 2 fully saturated rings. The fraction of sp³-hybridized carbons (Fsp3) is 0.471. The first-order chi connectivity index (χ1) is 10.9. The Hall–Kier alpha value is -1.95. The number of rotatable bonds is 5. The Balaban J connectivity index is 1.60. The molecule has 0 amide bonds. The van der Waals surface area contributed by atoms with E-state index in [0.29, 0.717) is 12.2 Å². The number of ether oxygens (including phenoxy) is 2. The molecule has 0 aromatic heterocycles. The number of halogens is 2. The van der Waals surface area contributed by atoms with Crippen molar-refractivity contribution in [2.24, 2.45) is 11.8 Å². The number of carbonyl (C=O) groups excluding carboxylic acids is 1. The van der Waals surface area contributed by atoms with Gasteiger partial charge in [-0.15, -0.1) is 0 Å². The molecule has 2 aliphatic rings. The lowest BCUT2D eigenvalue weighted by molar-refractivity contribution is -0.141. The molecule has 124 valence electrons. The smallest absolute Gasteiger partial charge is 0.306 e. The van der Waals surface area contributed by atoms with Crippen molar-refractivity contribution in [3.05, 3.63) is 42.5 Å². The number of para-hydroxylation sites is 1. The lowest BCUT2D eigenvalue weighted by atomic mass is 9.91. The summed E-state index contributed by atoms with van der Waals surface area (Å²) in [6, 6.07) is 8.39. The molecule has 1 heterocycles. The van der Waals surface area contributed by atoms with Crippen LogP contribution in [-0.2, 0) is 9.53 Å². The highest BCUT2D eigenvalue weighted by molar-refractivity contribution is 5.72. The summed E-state index contributed by atoms with van der Waals surface area (Å²) in [6.45, 7) is -0.778. The van der Waals surface area contributed by atoms with Gasteiger partial charge in [-0.3, -0.25) is 4.79 Å². The summed E-state index contributed by atoms with van der Waals surface area (Å²) in [5.41, 5.74) is 0. The largest absolute Gasteiger partial charge is 0.487 e. The monoisotopic (exact) mass is 324 g/mol. The van der Waals surface area contributed by atoms with E-state index in [0.717, 1.165) is 6.08 Å². The van der Waals surface area contributed by atoms with Crippen LogP contribution in [0.15, 0.2) is 42.5 Å². The second-order valence-electron chi connectivity index (χ2n) is 6.00. The zero-order valence-corrected chi connectivity index (χ0v) is 12.4. The van der Waals surface area contributed by atoms with E-state index in [4.69, 9.17) is 9.47 Å². The minimum absolute atomic E-state index is 0.169. The van der Waals surface area contributed by atoms with Gasteiger partial charge in [-0.25, -0.2) is 0 Å². The van der Waals surface area contributed by atoms with Crippen molar-refractivity contribution in [2.75, 3.05) is 6.61 Å². The fourth-order valence-corrected chi connectivity index (χ4v) is 3.18. The van der Waals surface area contributed by atoms with E-state index in [9.17, 15) is 18.7 Å². The second-order valence-corrected chi connectivity index (χ2v) is 6.00. The van der Waals surface area contributed by atoms with Crippen molar-refractivity contribution in [2.45, 2.75) is 31.0 Å². The predicted molar refractivity (Wildman–Crippen MR) is 78.1 cm³/mol. The Kier molecular flexibility index (Phi) is 4.35. The van der Waals surface area contributed by atoms with E-state index in [1.165, 1.54) is 6.08 Å².